The van der Waals surface area contributed by atoms with Gasteiger partial charge in [0, 0.05) is 40.7 Å². The molecule has 0 saturated carbocycles. The standard InChI is InChI=1S/C47H48ClN11O5S/c1-23-17-30(12-13-33(23)48)43-41-24(2)28(6)65-46(41)59-29(7)54-55-45(59)36(53-43)20-39(60)50-15-16-51-40(61)22-57-37-21-52-35-18-32(42-25(3)56-64-27(42)5)38(63-8)19-31(35)44(37)58(47(57)62)26(4)34-11-9-10-14-49-34/h9-14,17-19,21,23,26,33,36H,15-16,20,22H2,1-8H3,(H,50,60)(H,51,61). The van der Waals surface area contributed by atoms with Gasteiger partial charge in [-0.1, -0.05) is 36.4 Å². The highest BCUT2D eigenvalue weighted by atomic mass is 35.5. The van der Waals surface area contributed by atoms with Gasteiger partial charge in [0.25, 0.3) is 0 Å². The fourth-order valence-electron chi connectivity index (χ4n) is 8.81. The lowest BCUT2D eigenvalue weighted by atomic mass is 9.91. The Kier molecular flexibility index (Phi) is 11.6. The van der Waals surface area contributed by atoms with Gasteiger partial charge >= 0.3 is 5.69 Å². The number of methoxy groups -OCH3 is 1. The molecule has 7 heterocycles. The molecule has 4 atom stereocenters. The Labute approximate surface area is 383 Å². The molecule has 334 valence electrons. The lowest BCUT2D eigenvalue weighted by molar-refractivity contribution is -0.123. The Hall–Kier alpha value is -6.72. The molecule has 1 aliphatic carbocycles. The number of fused-ring (bicyclic) bond motifs is 6. The zero-order chi connectivity index (χ0) is 45.8. The number of nitrogens with zero attached hydrogens (tertiary/aromatic N) is 9. The summed E-state index contributed by atoms with van der Waals surface area (Å²) in [6, 6.07) is 8.15. The lowest BCUT2D eigenvalue weighted by Crippen LogP contribution is -2.38. The summed E-state index contributed by atoms with van der Waals surface area (Å²) >= 11 is 8.20. The first-order valence-corrected chi connectivity index (χ1v) is 22.6. The maximum Gasteiger partial charge on any atom is 0.330 e. The van der Waals surface area contributed by atoms with E-state index < -0.39 is 23.7 Å². The first-order valence-electron chi connectivity index (χ1n) is 21.4. The lowest BCUT2D eigenvalue weighted by Gasteiger charge is -2.19. The fourth-order valence-corrected chi connectivity index (χ4v) is 10.2. The van der Waals surface area contributed by atoms with E-state index in [4.69, 9.17) is 30.8 Å². The van der Waals surface area contributed by atoms with Crippen molar-refractivity contribution in [1.82, 2.24) is 49.7 Å². The zero-order valence-corrected chi connectivity index (χ0v) is 38.8. The molecule has 1 aliphatic heterocycles. The maximum atomic E-state index is 14.5. The number of imidazole rings is 1. The first kappa shape index (κ1) is 43.5. The first-order chi connectivity index (χ1) is 31.2. The van der Waals surface area contributed by atoms with Crippen molar-refractivity contribution in [3.05, 3.63) is 122 Å². The van der Waals surface area contributed by atoms with E-state index in [1.54, 1.807) is 35.4 Å². The van der Waals surface area contributed by atoms with Gasteiger partial charge in [-0.3, -0.25) is 38.3 Å². The number of carbonyl (C=O) groups excluding carboxylic acids is 2. The number of benzene rings is 1. The average Bonchev–Trinajstić information content (AvgIpc) is 3.99. The third kappa shape index (κ3) is 7.75. The van der Waals surface area contributed by atoms with Gasteiger partial charge in [0.1, 0.15) is 34.9 Å². The van der Waals surface area contributed by atoms with E-state index >= 15 is 0 Å². The number of aliphatic imine (C=N–C) groups is 1. The molecule has 16 nitrogen and oxygen atoms in total. The van der Waals surface area contributed by atoms with Crippen LogP contribution in [0.5, 0.6) is 5.75 Å². The second-order valence-electron chi connectivity index (χ2n) is 16.5. The van der Waals surface area contributed by atoms with E-state index in [1.165, 1.54) is 4.57 Å². The predicted molar refractivity (Wildman–Crippen MR) is 250 cm³/mol. The summed E-state index contributed by atoms with van der Waals surface area (Å²) in [5, 5.41) is 20.4. The largest absolute Gasteiger partial charge is 0.496 e. The van der Waals surface area contributed by atoms with Gasteiger partial charge in [-0.2, -0.15) is 0 Å². The minimum atomic E-state index is -0.636. The minimum absolute atomic E-state index is 0.00198. The number of aryl methyl sites for hydroxylation is 4. The number of alkyl halides is 1. The highest BCUT2D eigenvalue weighted by Gasteiger charge is 2.34. The van der Waals surface area contributed by atoms with Crippen molar-refractivity contribution in [2.45, 2.75) is 78.9 Å². The van der Waals surface area contributed by atoms with Crippen LogP contribution in [0.2, 0.25) is 0 Å². The monoisotopic (exact) mass is 913 g/mol. The number of pyridine rings is 2. The molecule has 2 aliphatic rings. The van der Waals surface area contributed by atoms with Gasteiger partial charge < -0.3 is 19.9 Å². The van der Waals surface area contributed by atoms with E-state index in [-0.39, 0.29) is 43.3 Å². The number of ether oxygens (including phenoxy) is 1. The second-order valence-corrected chi connectivity index (χ2v) is 18.2. The molecule has 9 rings (SSSR count). The smallest absolute Gasteiger partial charge is 0.330 e. The molecule has 4 unspecified atom stereocenters. The molecule has 2 N–H and O–H groups in total. The summed E-state index contributed by atoms with van der Waals surface area (Å²) < 4.78 is 16.4. The third-order valence-corrected chi connectivity index (χ3v) is 14.0. The molecule has 18 heteroatoms. The van der Waals surface area contributed by atoms with Crippen LogP contribution in [-0.4, -0.2) is 82.1 Å². The number of allylic oxidation sites excluding steroid dienone is 4. The van der Waals surface area contributed by atoms with E-state index in [2.05, 4.69) is 57.8 Å². The van der Waals surface area contributed by atoms with Crippen molar-refractivity contribution in [3.8, 4) is 21.9 Å². The topological polar surface area (TPSA) is 189 Å². The number of halogens is 1. The van der Waals surface area contributed by atoms with Crippen LogP contribution < -0.4 is 21.1 Å². The molecular formula is C47H48ClN11O5S. The van der Waals surface area contributed by atoms with Crippen LogP contribution in [0, 0.1) is 40.5 Å². The van der Waals surface area contributed by atoms with E-state index in [9.17, 15) is 14.4 Å². The molecule has 0 saturated heterocycles. The molecular weight excluding hydrogens is 866 g/mol. The van der Waals surface area contributed by atoms with Gasteiger partial charge in [-0.15, -0.1) is 33.1 Å². The number of carbonyl (C=O) groups is 2. The van der Waals surface area contributed by atoms with Crippen molar-refractivity contribution in [3.63, 3.8) is 0 Å². The summed E-state index contributed by atoms with van der Waals surface area (Å²) in [5.41, 5.74) is 8.01. The van der Waals surface area contributed by atoms with Gasteiger partial charge in [-0.25, -0.2) is 4.79 Å². The van der Waals surface area contributed by atoms with E-state index in [0.717, 1.165) is 43.4 Å². The summed E-state index contributed by atoms with van der Waals surface area (Å²) in [6.45, 7) is 13.7. The fraction of sp³-hybridized carbons (Fsp3) is 0.340. The predicted octanol–water partition coefficient (Wildman–Crippen LogP) is 7.11. The summed E-state index contributed by atoms with van der Waals surface area (Å²) in [6.07, 6.45) is 9.41. The highest BCUT2D eigenvalue weighted by molar-refractivity contribution is 7.15. The van der Waals surface area contributed by atoms with Crippen LogP contribution in [0.25, 0.3) is 38.1 Å². The Morgan fingerprint density at radius 3 is 2.52 bits per heavy atom. The number of nitrogens with one attached hydrogen (secondary N) is 2. The molecule has 0 fully saturated rings. The molecule has 65 heavy (non-hydrogen) atoms. The molecule has 1 aromatic carbocycles. The molecule has 7 aromatic rings. The van der Waals surface area contributed by atoms with Crippen molar-refractivity contribution in [2.75, 3.05) is 20.2 Å². The number of hydrogen-bond acceptors (Lipinski definition) is 12. The summed E-state index contributed by atoms with van der Waals surface area (Å²) in [4.78, 5) is 57.5. The molecule has 0 bridgehead atoms. The number of hydrogen-bond donors (Lipinski definition) is 2. The van der Waals surface area contributed by atoms with Crippen LogP contribution in [0.3, 0.4) is 0 Å². The van der Waals surface area contributed by atoms with Crippen molar-refractivity contribution in [1.29, 1.82) is 0 Å². The normalized spacial score (nSPS) is 17.3. The van der Waals surface area contributed by atoms with Crippen molar-refractivity contribution in [2.24, 2.45) is 10.9 Å². The van der Waals surface area contributed by atoms with Crippen LogP contribution >= 0.6 is 22.9 Å². The summed E-state index contributed by atoms with van der Waals surface area (Å²) in [5.74, 6) is 1.86. The van der Waals surface area contributed by atoms with Gasteiger partial charge in [0.2, 0.25) is 11.8 Å². The second kappa shape index (κ2) is 17.3. The Morgan fingerprint density at radius 2 is 1.82 bits per heavy atom. The van der Waals surface area contributed by atoms with Gasteiger partial charge in [0.05, 0.1) is 70.4 Å². The molecule has 0 spiro atoms. The van der Waals surface area contributed by atoms with Crippen molar-refractivity contribution >= 4 is 62.4 Å². The van der Waals surface area contributed by atoms with E-state index in [1.807, 2.05) is 74.7 Å². The van der Waals surface area contributed by atoms with Crippen LogP contribution in [0.15, 0.2) is 80.8 Å². The quantitative estimate of drug-likeness (QED) is 0.0945. The molecule has 6 aromatic heterocycles. The van der Waals surface area contributed by atoms with Crippen LogP contribution in [0.1, 0.15) is 77.2 Å². The molecule has 2 amide bonds. The van der Waals surface area contributed by atoms with Crippen LogP contribution in [0.4, 0.5) is 0 Å². The Balaban J connectivity index is 0.952. The molecule has 0 radical (unpaired) electrons. The Morgan fingerprint density at radius 1 is 1.03 bits per heavy atom. The van der Waals surface area contributed by atoms with Crippen molar-refractivity contribution < 1.29 is 18.8 Å². The number of rotatable bonds is 12. The SMILES string of the molecule is COc1cc2c(cc1-c1c(C)noc1C)ncc1c2n(C(C)c2ccccn2)c(=O)n1CC(=O)NCCNC(=O)CC1N=C(C2=CC(C)C(Cl)C=C2)c2c(sc(C)c2C)-n2c(C)nnc21. The summed E-state index contributed by atoms with van der Waals surface area (Å²) in [7, 11) is 1.58. The number of thiophene rings is 1. The van der Waals surface area contributed by atoms with E-state index in [0.29, 0.717) is 56.5 Å². The Bertz CT molecular complexity index is 3170. The minimum Gasteiger partial charge on any atom is -0.496 e. The highest BCUT2D eigenvalue weighted by Crippen LogP contribution is 2.42. The maximum absolute atomic E-state index is 14.5. The van der Waals surface area contributed by atoms with Gasteiger partial charge in [-0.05, 0) is 82.9 Å². The number of aromatic nitrogens is 8. The van der Waals surface area contributed by atoms with Crippen LogP contribution in [-0.2, 0) is 16.1 Å². The zero-order valence-electron chi connectivity index (χ0n) is 37.3. The number of amides is 2. The average molecular weight is 914 g/mol. The van der Waals surface area contributed by atoms with Gasteiger partial charge in [0.15, 0.2) is 5.82 Å². The third-order valence-electron chi connectivity index (χ3n) is 12.3.